The summed E-state index contributed by atoms with van der Waals surface area (Å²) in [5.41, 5.74) is 3.21. The Kier molecular flexibility index (Phi) is 6.13. The highest BCUT2D eigenvalue weighted by Crippen LogP contribution is 2.40. The van der Waals surface area contributed by atoms with Gasteiger partial charge < -0.3 is 24.3 Å². The first-order chi connectivity index (χ1) is 14.6. The quantitative estimate of drug-likeness (QED) is 0.628. The van der Waals surface area contributed by atoms with Gasteiger partial charge in [-0.25, -0.2) is 0 Å². The van der Waals surface area contributed by atoms with Gasteiger partial charge in [0.15, 0.2) is 5.75 Å². The van der Waals surface area contributed by atoms with Gasteiger partial charge in [0.2, 0.25) is 5.43 Å². The normalized spacial score (nSPS) is 12.5. The number of nitrogens with zero attached hydrogens (tertiary/aromatic N) is 1. The maximum Gasteiger partial charge on any atom is 0.223 e. The minimum Gasteiger partial charge on any atom is -0.503 e. The van der Waals surface area contributed by atoms with Crippen molar-refractivity contribution in [2.24, 2.45) is 0 Å². The molecule has 0 saturated carbocycles. The molecule has 6 nitrogen and oxygen atoms in total. The van der Waals surface area contributed by atoms with E-state index in [1.54, 1.807) is 31.8 Å². The smallest absolute Gasteiger partial charge is 0.223 e. The summed E-state index contributed by atoms with van der Waals surface area (Å²) in [7, 11) is 3.22. The lowest BCUT2D eigenvalue weighted by atomic mass is 9.85. The summed E-state index contributed by atoms with van der Waals surface area (Å²) < 4.78 is 12.8. The Morgan fingerprint density at radius 1 is 0.935 bits per heavy atom. The van der Waals surface area contributed by atoms with Crippen LogP contribution in [0.25, 0.3) is 16.8 Å². The predicted octanol–water partition coefficient (Wildman–Crippen LogP) is 4.58. The van der Waals surface area contributed by atoms with Crippen molar-refractivity contribution < 1.29 is 19.7 Å². The largest absolute Gasteiger partial charge is 0.503 e. The summed E-state index contributed by atoms with van der Waals surface area (Å²) in [5.74, 6) is 0.952. The van der Waals surface area contributed by atoms with Crippen molar-refractivity contribution in [2.45, 2.75) is 39.2 Å². The average molecular weight is 424 g/mol. The molecule has 0 aliphatic heterocycles. The summed E-state index contributed by atoms with van der Waals surface area (Å²) in [6.07, 6.45) is 0.413. The SMILES string of the molecule is COc1ccc(-n2cc(O)c(=O)cc2C(C)O)cc1-c1cc(C(C)(C)C)ccc1OC. The van der Waals surface area contributed by atoms with Crippen molar-refractivity contribution in [3.8, 4) is 34.1 Å². The lowest BCUT2D eigenvalue weighted by molar-refractivity contribution is 0.191. The maximum atomic E-state index is 11.9. The van der Waals surface area contributed by atoms with Gasteiger partial charge in [-0.05, 0) is 48.2 Å². The highest BCUT2D eigenvalue weighted by Gasteiger charge is 2.20. The van der Waals surface area contributed by atoms with Gasteiger partial charge >= 0.3 is 0 Å². The molecule has 2 aromatic carbocycles. The molecule has 3 rings (SSSR count). The van der Waals surface area contributed by atoms with Crippen LogP contribution in [0.1, 0.15) is 45.1 Å². The van der Waals surface area contributed by atoms with Crippen LogP contribution in [-0.4, -0.2) is 29.0 Å². The summed E-state index contributed by atoms with van der Waals surface area (Å²) >= 11 is 0. The highest BCUT2D eigenvalue weighted by molar-refractivity contribution is 5.78. The molecular weight excluding hydrogens is 394 g/mol. The fourth-order valence-corrected chi connectivity index (χ4v) is 3.53. The van der Waals surface area contributed by atoms with Crippen molar-refractivity contribution in [1.82, 2.24) is 4.57 Å². The van der Waals surface area contributed by atoms with Gasteiger partial charge in [-0.15, -0.1) is 0 Å². The molecule has 1 unspecified atom stereocenters. The molecule has 0 saturated heterocycles. The number of pyridine rings is 1. The van der Waals surface area contributed by atoms with E-state index in [9.17, 15) is 15.0 Å². The Balaban J connectivity index is 2.30. The number of aliphatic hydroxyl groups excluding tert-OH is 1. The molecule has 1 heterocycles. The molecular formula is C25H29NO5. The van der Waals surface area contributed by atoms with Crippen molar-refractivity contribution in [3.05, 3.63) is 70.1 Å². The molecule has 0 spiro atoms. The number of aromatic hydroxyl groups is 1. The van der Waals surface area contributed by atoms with Gasteiger partial charge in [0.05, 0.1) is 32.2 Å². The molecule has 1 aromatic heterocycles. The Hall–Kier alpha value is -3.25. The van der Waals surface area contributed by atoms with E-state index >= 15 is 0 Å². The zero-order valence-electron chi connectivity index (χ0n) is 18.8. The minimum atomic E-state index is -0.905. The summed E-state index contributed by atoms with van der Waals surface area (Å²) in [4.78, 5) is 11.9. The van der Waals surface area contributed by atoms with Crippen LogP contribution in [0.4, 0.5) is 0 Å². The highest BCUT2D eigenvalue weighted by atomic mass is 16.5. The molecule has 164 valence electrons. The number of methoxy groups -OCH3 is 2. The first kappa shape index (κ1) is 22.4. The third-order valence-corrected chi connectivity index (χ3v) is 5.31. The lowest BCUT2D eigenvalue weighted by Gasteiger charge is -2.22. The van der Waals surface area contributed by atoms with Crippen molar-refractivity contribution in [1.29, 1.82) is 0 Å². The average Bonchev–Trinajstić information content (AvgIpc) is 2.73. The summed E-state index contributed by atoms with van der Waals surface area (Å²) in [5, 5.41) is 20.2. The van der Waals surface area contributed by atoms with Gasteiger partial charge in [0.25, 0.3) is 0 Å². The van der Waals surface area contributed by atoms with Crippen LogP contribution in [-0.2, 0) is 5.41 Å². The van der Waals surface area contributed by atoms with Crippen LogP contribution >= 0.6 is 0 Å². The fourth-order valence-electron chi connectivity index (χ4n) is 3.53. The second-order valence-corrected chi connectivity index (χ2v) is 8.54. The van der Waals surface area contributed by atoms with Crippen LogP contribution in [0.3, 0.4) is 0 Å². The van der Waals surface area contributed by atoms with Crippen LogP contribution in [0.5, 0.6) is 17.2 Å². The summed E-state index contributed by atoms with van der Waals surface area (Å²) in [6.45, 7) is 8.00. The fraction of sp³-hybridized carbons (Fsp3) is 0.320. The van der Waals surface area contributed by atoms with Gasteiger partial charge in [-0.2, -0.15) is 0 Å². The number of benzene rings is 2. The predicted molar refractivity (Wildman–Crippen MR) is 122 cm³/mol. The zero-order chi connectivity index (χ0) is 22.9. The Morgan fingerprint density at radius 2 is 1.52 bits per heavy atom. The third kappa shape index (κ3) is 4.44. The van der Waals surface area contributed by atoms with E-state index in [0.29, 0.717) is 22.9 Å². The van der Waals surface area contributed by atoms with Crippen molar-refractivity contribution in [3.63, 3.8) is 0 Å². The number of rotatable bonds is 5. The number of aromatic nitrogens is 1. The summed E-state index contributed by atoms with van der Waals surface area (Å²) in [6, 6.07) is 12.8. The molecule has 1 atom stereocenters. The van der Waals surface area contributed by atoms with E-state index < -0.39 is 17.3 Å². The molecule has 0 aliphatic carbocycles. The lowest BCUT2D eigenvalue weighted by Crippen LogP contribution is -2.13. The molecule has 0 bridgehead atoms. The Morgan fingerprint density at radius 3 is 2.06 bits per heavy atom. The van der Waals surface area contributed by atoms with Crippen LogP contribution < -0.4 is 14.9 Å². The number of hydrogen-bond donors (Lipinski definition) is 2. The van der Waals surface area contributed by atoms with E-state index in [-0.39, 0.29) is 5.41 Å². The molecule has 3 aromatic rings. The van der Waals surface area contributed by atoms with Crippen LogP contribution in [0, 0.1) is 0 Å². The second kappa shape index (κ2) is 8.47. The Labute approximate surface area is 182 Å². The monoisotopic (exact) mass is 423 g/mol. The van der Waals surface area contributed by atoms with E-state index in [1.807, 2.05) is 24.3 Å². The van der Waals surface area contributed by atoms with Crippen LogP contribution in [0.2, 0.25) is 0 Å². The maximum absolute atomic E-state index is 11.9. The van der Waals surface area contributed by atoms with Crippen molar-refractivity contribution in [2.75, 3.05) is 14.2 Å². The Bertz CT molecular complexity index is 1160. The number of aliphatic hydroxyl groups is 1. The molecule has 6 heteroatoms. The molecule has 2 N–H and O–H groups in total. The van der Waals surface area contributed by atoms with E-state index in [0.717, 1.165) is 16.7 Å². The minimum absolute atomic E-state index is 0.0597. The first-order valence-corrected chi connectivity index (χ1v) is 10.1. The van der Waals surface area contributed by atoms with Crippen molar-refractivity contribution >= 4 is 0 Å². The topological polar surface area (TPSA) is 80.9 Å². The van der Waals surface area contributed by atoms with E-state index in [2.05, 4.69) is 26.8 Å². The standard InChI is InChI=1S/C25H29NO5/c1-15(27)20-13-21(28)22(29)14-26(20)17-8-10-24(31-6)19(12-17)18-11-16(25(2,3)4)7-9-23(18)30-5/h7-15,27,29H,1-6H3. The van der Waals surface area contributed by atoms with Gasteiger partial charge in [0, 0.05) is 22.9 Å². The van der Waals surface area contributed by atoms with Crippen LogP contribution in [0.15, 0.2) is 53.5 Å². The molecule has 0 aliphatic rings. The molecule has 0 radical (unpaired) electrons. The molecule has 0 amide bonds. The van der Waals surface area contributed by atoms with E-state index in [1.165, 1.54) is 12.3 Å². The first-order valence-electron chi connectivity index (χ1n) is 10.1. The number of hydrogen-bond acceptors (Lipinski definition) is 5. The zero-order valence-corrected chi connectivity index (χ0v) is 18.8. The van der Waals surface area contributed by atoms with Gasteiger partial charge in [0.1, 0.15) is 11.5 Å². The molecule has 31 heavy (non-hydrogen) atoms. The van der Waals surface area contributed by atoms with E-state index in [4.69, 9.17) is 9.47 Å². The molecule has 0 fully saturated rings. The third-order valence-electron chi connectivity index (χ3n) is 5.31. The number of ether oxygens (including phenoxy) is 2. The second-order valence-electron chi connectivity index (χ2n) is 8.54. The van der Waals surface area contributed by atoms with Gasteiger partial charge in [-0.3, -0.25) is 4.79 Å². The van der Waals surface area contributed by atoms with Gasteiger partial charge in [-0.1, -0.05) is 26.8 Å².